The predicted molar refractivity (Wildman–Crippen MR) is 50.2 cm³/mol. The molecule has 0 rings (SSSR count). The van der Waals surface area contributed by atoms with Crippen LogP contribution in [0.1, 0.15) is 0 Å². The van der Waals surface area contributed by atoms with E-state index in [-0.39, 0.29) is 0 Å². The zero-order valence-corrected chi connectivity index (χ0v) is 8.97. The van der Waals surface area contributed by atoms with Crippen molar-refractivity contribution in [2.45, 2.75) is 0 Å². The van der Waals surface area contributed by atoms with Crippen molar-refractivity contribution in [1.29, 1.82) is 0 Å². The second-order valence-electron chi connectivity index (χ2n) is 1.60. The Morgan fingerprint density at radius 3 is 1.00 bits per heavy atom. The molecular weight excluding hydrogens is 255 g/mol. The van der Waals surface area contributed by atoms with Gasteiger partial charge in [-0.05, 0) is 0 Å². The second kappa shape index (κ2) is 18.8. The van der Waals surface area contributed by atoms with E-state index in [4.69, 9.17) is 43.2 Å². The molecule has 10 nitrogen and oxygen atoms in total. The Kier molecular flexibility index (Phi) is 24.7. The average molecular weight is 271 g/mol. The van der Waals surface area contributed by atoms with Gasteiger partial charge in [-0.15, -0.1) is 0 Å². The molecular formula is C4H16N6NiO4. The van der Waals surface area contributed by atoms with Crippen LogP contribution < -0.4 is 22.9 Å². The number of nitrogens with zero attached hydrogens (tertiary/aromatic N) is 2. The Labute approximate surface area is 92.8 Å². The zero-order valence-electron chi connectivity index (χ0n) is 7.98. The maximum atomic E-state index is 9.15. The Bertz CT molecular complexity index is 138. The van der Waals surface area contributed by atoms with Crippen LogP contribution in [0.3, 0.4) is 0 Å². The summed E-state index contributed by atoms with van der Waals surface area (Å²) < 4.78 is -2.12. The van der Waals surface area contributed by atoms with E-state index >= 15 is 0 Å². The minimum atomic E-state index is -1.06. The third-order valence-corrected chi connectivity index (χ3v) is 0.759. The molecule has 0 radical (unpaired) electrons. The van der Waals surface area contributed by atoms with Gasteiger partial charge in [0.2, 0.25) is 0 Å². The van der Waals surface area contributed by atoms with Gasteiger partial charge in [-0.2, -0.15) is 0 Å². The molecule has 0 saturated heterocycles. The number of rotatable bonds is 4. The van der Waals surface area contributed by atoms with E-state index in [1.165, 1.54) is 0 Å². The first-order chi connectivity index (χ1) is 6.95. The summed E-state index contributed by atoms with van der Waals surface area (Å²) >= 11 is -0.708. The normalized spacial score (nSPS) is 8.00. The molecule has 0 heterocycles. The molecule has 0 aliphatic rings. The van der Waals surface area contributed by atoms with Crippen LogP contribution in [0.4, 0.5) is 0 Å². The SMILES string of the molecule is NCCN.NCCN.O=[N+]([O-])[Ni][N+](=O)[O-]. The number of nitrogens with two attached hydrogens (primary N) is 4. The fraction of sp³-hybridized carbons (Fsp3) is 1.00. The molecule has 96 valence electrons. The number of nitro groups is 2. The molecule has 0 aromatic rings. The van der Waals surface area contributed by atoms with Crippen molar-refractivity contribution >= 4 is 0 Å². The molecule has 0 aliphatic heterocycles. The van der Waals surface area contributed by atoms with Crippen molar-refractivity contribution in [3.8, 4) is 0 Å². The molecule has 0 unspecified atom stereocenters. The van der Waals surface area contributed by atoms with Crippen LogP contribution in [0.25, 0.3) is 0 Å². The molecule has 0 fully saturated rings. The molecule has 0 atom stereocenters. The van der Waals surface area contributed by atoms with Crippen molar-refractivity contribution in [1.82, 2.24) is 0 Å². The first kappa shape index (κ1) is 19.7. The fourth-order valence-corrected chi connectivity index (χ4v) is 0.174. The first-order valence-corrected chi connectivity index (χ1v) is 4.53. The Balaban J connectivity index is -0.000000155. The summed E-state index contributed by atoms with van der Waals surface area (Å²) in [5.41, 5.74) is 19.6. The van der Waals surface area contributed by atoms with Crippen molar-refractivity contribution in [2.75, 3.05) is 26.2 Å². The van der Waals surface area contributed by atoms with Gasteiger partial charge in [0, 0.05) is 26.2 Å². The van der Waals surface area contributed by atoms with Crippen molar-refractivity contribution in [3.05, 3.63) is 20.2 Å². The summed E-state index contributed by atoms with van der Waals surface area (Å²) in [5.74, 6) is 0. The molecule has 0 amide bonds. The van der Waals surface area contributed by atoms with Gasteiger partial charge in [0.05, 0.1) is 0 Å². The van der Waals surface area contributed by atoms with Crippen LogP contribution in [-0.4, -0.2) is 34.2 Å². The van der Waals surface area contributed by atoms with Gasteiger partial charge in [0.15, 0.2) is 0 Å². The molecule has 0 aromatic heterocycles. The molecule has 0 saturated carbocycles. The van der Waals surface area contributed by atoms with E-state index in [0.29, 0.717) is 26.2 Å². The zero-order chi connectivity index (χ0) is 12.7. The van der Waals surface area contributed by atoms with E-state index in [1.54, 1.807) is 0 Å². The molecule has 0 aromatic carbocycles. The Morgan fingerprint density at radius 1 is 0.800 bits per heavy atom. The molecule has 0 spiro atoms. The monoisotopic (exact) mass is 270 g/mol. The van der Waals surface area contributed by atoms with E-state index < -0.39 is 22.9 Å². The third-order valence-electron chi connectivity index (χ3n) is 0.437. The van der Waals surface area contributed by atoms with Gasteiger partial charge >= 0.3 is 43.1 Å². The summed E-state index contributed by atoms with van der Waals surface area (Å²) in [5, 5.41) is 18.3. The van der Waals surface area contributed by atoms with Crippen LogP contribution in [0.2, 0.25) is 0 Å². The topological polar surface area (TPSA) is 190 Å². The average Bonchev–Trinajstić information content (AvgIpc) is 2.16. The van der Waals surface area contributed by atoms with Crippen LogP contribution in [0.5, 0.6) is 0 Å². The van der Waals surface area contributed by atoms with Crippen LogP contribution in [0.15, 0.2) is 0 Å². The molecule has 0 bridgehead atoms. The first-order valence-electron chi connectivity index (χ1n) is 3.65. The second-order valence-corrected chi connectivity index (χ2v) is 2.52. The molecule has 11 heteroatoms. The van der Waals surface area contributed by atoms with Gasteiger partial charge in [-0.25, -0.2) is 0 Å². The van der Waals surface area contributed by atoms with Crippen LogP contribution in [0, 0.1) is 20.2 Å². The number of hydrogen-bond donors (Lipinski definition) is 4. The number of hydrogen-bond acceptors (Lipinski definition) is 8. The van der Waals surface area contributed by atoms with E-state index in [9.17, 15) is 0 Å². The van der Waals surface area contributed by atoms with E-state index in [1.807, 2.05) is 0 Å². The summed E-state index contributed by atoms with van der Waals surface area (Å²) in [7, 11) is 0. The third kappa shape index (κ3) is 61.8. The van der Waals surface area contributed by atoms with Gasteiger partial charge in [-0.3, -0.25) is 0 Å². The molecule has 15 heavy (non-hydrogen) atoms. The minimum absolute atomic E-state index is 0.597. The van der Waals surface area contributed by atoms with Crippen molar-refractivity contribution < 1.29 is 22.9 Å². The van der Waals surface area contributed by atoms with Crippen molar-refractivity contribution in [3.63, 3.8) is 0 Å². The van der Waals surface area contributed by atoms with Gasteiger partial charge in [0.25, 0.3) is 0 Å². The van der Waals surface area contributed by atoms with E-state index in [2.05, 4.69) is 0 Å². The summed E-state index contributed by atoms with van der Waals surface area (Å²) in [6, 6.07) is 0. The summed E-state index contributed by atoms with van der Waals surface area (Å²) in [6.45, 7) is 2.39. The maximum absolute atomic E-state index is 9.15. The van der Waals surface area contributed by atoms with Gasteiger partial charge in [0.1, 0.15) is 0 Å². The Hall–Kier alpha value is -0.866. The van der Waals surface area contributed by atoms with Crippen LogP contribution in [-0.2, 0) is 14.9 Å². The standard InChI is InChI=1S/2C2H8N2.2NO2.Ni/c2*3-1-2-4;2*2-1-3;/h2*1-4H2;;;. The fourth-order valence-electron chi connectivity index (χ4n) is 0.0422. The van der Waals surface area contributed by atoms with E-state index in [0.717, 1.165) is 0 Å². The predicted octanol–water partition coefficient (Wildman–Crippen LogP) is -2.74. The summed E-state index contributed by atoms with van der Waals surface area (Å²) in [6.07, 6.45) is 0. The van der Waals surface area contributed by atoms with Crippen LogP contribution >= 0.6 is 0 Å². The van der Waals surface area contributed by atoms with Gasteiger partial charge < -0.3 is 22.9 Å². The Morgan fingerprint density at radius 2 is 1.00 bits per heavy atom. The molecule has 8 N–H and O–H groups in total. The van der Waals surface area contributed by atoms with Gasteiger partial charge in [-0.1, -0.05) is 0 Å². The van der Waals surface area contributed by atoms with Crippen molar-refractivity contribution in [2.24, 2.45) is 22.9 Å². The molecule has 0 aliphatic carbocycles. The summed E-state index contributed by atoms with van der Waals surface area (Å²) in [4.78, 5) is 18.3. The quantitative estimate of drug-likeness (QED) is 0.240.